The first kappa shape index (κ1) is 19.0. The van der Waals surface area contributed by atoms with E-state index in [-0.39, 0.29) is 23.3 Å². The molecule has 1 N–H and O–H groups in total. The lowest BCUT2D eigenvalue weighted by atomic mass is 9.78. The van der Waals surface area contributed by atoms with E-state index in [1.165, 1.54) is 6.07 Å². The highest BCUT2D eigenvalue weighted by Crippen LogP contribution is 2.42. The van der Waals surface area contributed by atoms with Gasteiger partial charge in [-0.1, -0.05) is 13.0 Å². The van der Waals surface area contributed by atoms with E-state index >= 15 is 0 Å². The van der Waals surface area contributed by atoms with Gasteiger partial charge in [-0.25, -0.2) is 0 Å². The summed E-state index contributed by atoms with van der Waals surface area (Å²) in [5.74, 6) is 1.17. The zero-order valence-corrected chi connectivity index (χ0v) is 17.5. The molecule has 8 nitrogen and oxygen atoms in total. The predicted octanol–water partition coefficient (Wildman–Crippen LogP) is 2.34. The van der Waals surface area contributed by atoms with Gasteiger partial charge in [0.2, 0.25) is 11.8 Å². The summed E-state index contributed by atoms with van der Waals surface area (Å²) in [6, 6.07) is 6.71. The van der Waals surface area contributed by atoms with E-state index in [4.69, 9.17) is 4.52 Å². The summed E-state index contributed by atoms with van der Waals surface area (Å²) in [4.78, 5) is 32.6. The number of amides is 1. The number of pyridine rings is 1. The van der Waals surface area contributed by atoms with Crippen molar-refractivity contribution in [3.8, 4) is 0 Å². The Morgan fingerprint density at radius 2 is 2.23 bits per heavy atom. The number of hydrogen-bond acceptors (Lipinski definition) is 7. The Kier molecular flexibility index (Phi) is 4.90. The molecule has 1 saturated heterocycles. The molecule has 0 unspecified atom stereocenters. The quantitative estimate of drug-likeness (QED) is 0.674. The van der Waals surface area contributed by atoms with E-state index in [1.807, 2.05) is 29.8 Å². The van der Waals surface area contributed by atoms with Gasteiger partial charge in [0, 0.05) is 49.7 Å². The summed E-state index contributed by atoms with van der Waals surface area (Å²) in [6.45, 7) is 3.74. The van der Waals surface area contributed by atoms with Gasteiger partial charge < -0.3 is 14.7 Å². The summed E-state index contributed by atoms with van der Waals surface area (Å²) in [7, 11) is 0. The molecule has 0 aliphatic carbocycles. The highest BCUT2D eigenvalue weighted by atomic mass is 32.1. The van der Waals surface area contributed by atoms with Crippen molar-refractivity contribution in [1.29, 1.82) is 0 Å². The number of thiophene rings is 1. The van der Waals surface area contributed by atoms with Crippen LogP contribution in [0.5, 0.6) is 0 Å². The number of carbonyl (C=O) groups excluding carboxylic acids is 1. The number of piperidine rings is 1. The van der Waals surface area contributed by atoms with E-state index in [1.54, 1.807) is 22.0 Å². The minimum Gasteiger partial charge on any atom is -0.350 e. The van der Waals surface area contributed by atoms with E-state index in [0.717, 1.165) is 17.7 Å². The number of hydrogen-bond donors (Lipinski definition) is 1. The van der Waals surface area contributed by atoms with Gasteiger partial charge in [-0.3, -0.25) is 14.2 Å². The largest absolute Gasteiger partial charge is 0.350 e. The smallest absolute Gasteiger partial charge is 0.266 e. The molecule has 5 heterocycles. The lowest BCUT2D eigenvalue weighted by Crippen LogP contribution is -2.53. The monoisotopic (exact) mass is 425 g/mol. The van der Waals surface area contributed by atoms with E-state index in [0.29, 0.717) is 37.9 Å². The maximum Gasteiger partial charge on any atom is 0.266 e. The number of anilines is 1. The molecule has 5 rings (SSSR count). The molecule has 1 fully saturated rings. The third kappa shape index (κ3) is 3.32. The lowest BCUT2D eigenvalue weighted by molar-refractivity contribution is -0.127. The molecule has 2 aliphatic heterocycles. The Morgan fingerprint density at radius 3 is 3.00 bits per heavy atom. The topological polar surface area (TPSA) is 93.3 Å². The number of aromatic nitrogens is 3. The molecule has 2 bridgehead atoms. The fourth-order valence-corrected chi connectivity index (χ4v) is 5.31. The molecule has 2 aliphatic rings. The molecule has 3 aromatic rings. The van der Waals surface area contributed by atoms with Crippen molar-refractivity contribution in [3.63, 3.8) is 0 Å². The van der Waals surface area contributed by atoms with Gasteiger partial charge in [-0.2, -0.15) is 16.3 Å². The average molecular weight is 426 g/mol. The molecule has 1 amide bonds. The van der Waals surface area contributed by atoms with Crippen molar-refractivity contribution in [1.82, 2.24) is 20.0 Å². The normalized spacial score (nSPS) is 22.6. The molecular formula is C21H23N5O3S. The van der Waals surface area contributed by atoms with Crippen LogP contribution in [-0.4, -0.2) is 33.7 Å². The van der Waals surface area contributed by atoms with Crippen LogP contribution in [0, 0.1) is 5.92 Å². The van der Waals surface area contributed by atoms with Crippen LogP contribution < -0.4 is 15.8 Å². The lowest BCUT2D eigenvalue weighted by Gasteiger charge is -2.45. The fraction of sp³-hybridized carbons (Fsp3) is 0.429. The molecule has 0 saturated carbocycles. The van der Waals surface area contributed by atoms with Crippen LogP contribution in [-0.2, 0) is 17.8 Å². The summed E-state index contributed by atoms with van der Waals surface area (Å²) >= 11 is 1.60. The maximum atomic E-state index is 13.3. The Hall–Kier alpha value is -2.94. The first-order valence-electron chi connectivity index (χ1n) is 10.2. The first-order chi connectivity index (χ1) is 14.6. The van der Waals surface area contributed by atoms with Crippen molar-refractivity contribution in [2.75, 3.05) is 18.0 Å². The average Bonchev–Trinajstić information content (AvgIpc) is 3.45. The van der Waals surface area contributed by atoms with E-state index < -0.39 is 6.04 Å². The second-order valence-electron chi connectivity index (χ2n) is 7.89. The zero-order chi connectivity index (χ0) is 20.7. The van der Waals surface area contributed by atoms with Crippen LogP contribution in [0.4, 0.5) is 5.95 Å². The Morgan fingerprint density at radius 1 is 1.33 bits per heavy atom. The van der Waals surface area contributed by atoms with Crippen molar-refractivity contribution >= 4 is 23.2 Å². The van der Waals surface area contributed by atoms with E-state index in [2.05, 4.69) is 20.4 Å². The third-order valence-corrected chi connectivity index (χ3v) is 6.74. The maximum absolute atomic E-state index is 13.3. The van der Waals surface area contributed by atoms with Gasteiger partial charge in [-0.05, 0) is 40.0 Å². The third-order valence-electron chi connectivity index (χ3n) is 6.01. The van der Waals surface area contributed by atoms with Crippen LogP contribution in [0.1, 0.15) is 42.5 Å². The summed E-state index contributed by atoms with van der Waals surface area (Å²) < 4.78 is 7.00. The summed E-state index contributed by atoms with van der Waals surface area (Å²) in [5, 5.41) is 11.2. The molecule has 0 radical (unpaired) electrons. The minimum atomic E-state index is -0.552. The second-order valence-corrected chi connectivity index (χ2v) is 8.67. The Labute approximate surface area is 177 Å². The number of aryl methyl sites for hydroxylation is 1. The number of rotatable bonds is 5. The standard InChI is InChI=1S/C21H23N5O3S/c1-2-17-23-21(24-29-17)25-10-14-8-15(11-25)19(26-16(14)4-3-5-18(26)27)20(28)22-9-13-6-7-30-12-13/h3-7,12,14-15,19H,2,8-11H2,1H3,(H,22,28)/t14-,15+,19-/m1/s1. The Balaban J connectivity index is 1.47. The predicted molar refractivity (Wildman–Crippen MR) is 113 cm³/mol. The summed E-state index contributed by atoms with van der Waals surface area (Å²) in [6.07, 6.45) is 1.54. The van der Waals surface area contributed by atoms with Crippen LogP contribution in [0.15, 0.2) is 44.3 Å². The van der Waals surface area contributed by atoms with Crippen molar-refractivity contribution < 1.29 is 9.32 Å². The number of carbonyl (C=O) groups is 1. The van der Waals surface area contributed by atoms with Gasteiger partial charge in [0.1, 0.15) is 6.04 Å². The molecule has 3 atom stereocenters. The molecular weight excluding hydrogens is 402 g/mol. The molecule has 0 spiro atoms. The van der Waals surface area contributed by atoms with Crippen LogP contribution in [0.3, 0.4) is 0 Å². The highest BCUT2D eigenvalue weighted by Gasteiger charge is 2.44. The Bertz CT molecular complexity index is 1110. The molecule has 156 valence electrons. The number of nitrogens with zero attached hydrogens (tertiary/aromatic N) is 4. The second kappa shape index (κ2) is 7.71. The number of nitrogens with one attached hydrogen (secondary N) is 1. The van der Waals surface area contributed by atoms with E-state index in [9.17, 15) is 9.59 Å². The minimum absolute atomic E-state index is 0.0117. The SMILES string of the molecule is CCc1nc(N2C[C@H]3C[C@@H](C2)[C@H](C(=O)NCc2ccsc2)n2c3cccc2=O)no1. The molecule has 9 heteroatoms. The fourth-order valence-electron chi connectivity index (χ4n) is 4.64. The van der Waals surface area contributed by atoms with Gasteiger partial charge in [0.05, 0.1) is 0 Å². The van der Waals surface area contributed by atoms with Gasteiger partial charge in [0.15, 0.2) is 0 Å². The molecule has 3 aromatic heterocycles. The van der Waals surface area contributed by atoms with Crippen LogP contribution in [0.2, 0.25) is 0 Å². The first-order valence-corrected chi connectivity index (χ1v) is 11.2. The van der Waals surface area contributed by atoms with Crippen LogP contribution >= 0.6 is 11.3 Å². The molecule has 30 heavy (non-hydrogen) atoms. The van der Waals surface area contributed by atoms with Gasteiger partial charge >= 0.3 is 0 Å². The van der Waals surface area contributed by atoms with Crippen LogP contribution in [0.25, 0.3) is 0 Å². The highest BCUT2D eigenvalue weighted by molar-refractivity contribution is 7.07. The zero-order valence-electron chi connectivity index (χ0n) is 16.7. The number of fused-ring (bicyclic) bond motifs is 4. The van der Waals surface area contributed by atoms with Gasteiger partial charge in [0.25, 0.3) is 11.5 Å². The molecule has 0 aromatic carbocycles. The van der Waals surface area contributed by atoms with Crippen molar-refractivity contribution in [2.45, 2.75) is 38.3 Å². The summed E-state index contributed by atoms with van der Waals surface area (Å²) in [5.41, 5.74) is 1.84. The van der Waals surface area contributed by atoms with Crippen molar-refractivity contribution in [3.05, 3.63) is 62.5 Å². The van der Waals surface area contributed by atoms with Gasteiger partial charge in [-0.15, -0.1) is 0 Å². The van der Waals surface area contributed by atoms with Crippen molar-refractivity contribution in [2.24, 2.45) is 5.92 Å².